The first kappa shape index (κ1) is 28.9. The third kappa shape index (κ3) is 5.62. The smallest absolute Gasteiger partial charge is 0.0201 e. The van der Waals surface area contributed by atoms with Crippen LogP contribution in [0.2, 0.25) is 0 Å². The lowest BCUT2D eigenvalue weighted by Crippen LogP contribution is -2.21. The van der Waals surface area contributed by atoms with Crippen LogP contribution >= 0.6 is 0 Å². The fraction of sp³-hybridized carbons (Fsp3) is 0.317. The van der Waals surface area contributed by atoms with Crippen LogP contribution in [0.5, 0.6) is 0 Å². The van der Waals surface area contributed by atoms with Gasteiger partial charge in [-0.25, -0.2) is 0 Å². The number of benzene rings is 2. The Labute approximate surface area is 249 Å². The highest BCUT2D eigenvalue weighted by molar-refractivity contribution is 5.77. The Morgan fingerprint density at radius 2 is 1.71 bits per heavy atom. The first-order valence-electron chi connectivity index (χ1n) is 15.3. The summed E-state index contributed by atoms with van der Waals surface area (Å²) >= 11 is 0. The lowest BCUT2D eigenvalue weighted by molar-refractivity contribution is 0.619. The average molecular weight is 539 g/mol. The van der Waals surface area contributed by atoms with Crippen LogP contribution in [0.1, 0.15) is 100.0 Å². The topological polar surface area (TPSA) is 0 Å². The molecule has 2 atom stereocenters. The lowest BCUT2D eigenvalue weighted by atomic mass is 9.69. The zero-order chi connectivity index (χ0) is 29.4. The first-order chi connectivity index (χ1) is 19.6. The van der Waals surface area contributed by atoms with Crippen molar-refractivity contribution in [3.8, 4) is 0 Å². The van der Waals surface area contributed by atoms with E-state index in [1.165, 1.54) is 72.4 Å². The minimum atomic E-state index is 0.273. The molecule has 0 nitrogen and oxygen atoms in total. The van der Waals surface area contributed by atoms with Crippen molar-refractivity contribution < 1.29 is 0 Å². The molecule has 0 heterocycles. The monoisotopic (exact) mass is 538 g/mol. The van der Waals surface area contributed by atoms with Crippen molar-refractivity contribution in [1.82, 2.24) is 0 Å². The van der Waals surface area contributed by atoms with Crippen LogP contribution in [-0.2, 0) is 0 Å². The minimum absolute atomic E-state index is 0.273. The van der Waals surface area contributed by atoms with E-state index in [1.54, 1.807) is 0 Å². The molecule has 2 unspecified atom stereocenters. The van der Waals surface area contributed by atoms with Crippen molar-refractivity contribution in [2.75, 3.05) is 0 Å². The molecule has 3 aliphatic carbocycles. The quantitative estimate of drug-likeness (QED) is 0.313. The van der Waals surface area contributed by atoms with Gasteiger partial charge in [-0.15, -0.1) is 0 Å². The van der Waals surface area contributed by atoms with E-state index in [0.29, 0.717) is 11.8 Å². The van der Waals surface area contributed by atoms with Gasteiger partial charge in [0.15, 0.2) is 0 Å². The number of aryl methyl sites for hydroxylation is 1. The van der Waals surface area contributed by atoms with Gasteiger partial charge in [-0.3, -0.25) is 0 Å². The van der Waals surface area contributed by atoms with Crippen LogP contribution in [0.15, 0.2) is 126 Å². The van der Waals surface area contributed by atoms with Crippen LogP contribution in [0.4, 0.5) is 0 Å². The second kappa shape index (κ2) is 11.7. The van der Waals surface area contributed by atoms with Crippen molar-refractivity contribution in [2.24, 2.45) is 5.92 Å². The molecule has 2 aromatic rings. The number of fused-ring (bicyclic) bond motifs is 1. The molecule has 0 aromatic heterocycles. The van der Waals surface area contributed by atoms with Gasteiger partial charge in [0.2, 0.25) is 0 Å². The highest BCUT2D eigenvalue weighted by atomic mass is 14.4. The third-order valence-corrected chi connectivity index (χ3v) is 9.27. The van der Waals surface area contributed by atoms with E-state index >= 15 is 0 Å². The van der Waals surface area contributed by atoms with Gasteiger partial charge in [-0.1, -0.05) is 130 Å². The first-order valence-corrected chi connectivity index (χ1v) is 15.3. The summed E-state index contributed by atoms with van der Waals surface area (Å²) in [5.74, 6) is 1.10. The molecule has 0 radical (unpaired) electrons. The van der Waals surface area contributed by atoms with Gasteiger partial charge in [0.25, 0.3) is 0 Å². The SMILES string of the molecule is C=C(CCC)C1=C(C)C=C2C/C(=C\C3=CC=C(c4ccc(C(=C)C)cc4C)C3)C(=C)C2C1c1ccc(C(C)C)cc1. The van der Waals surface area contributed by atoms with E-state index in [9.17, 15) is 0 Å². The molecule has 0 bridgehead atoms. The molecule has 2 aromatic carbocycles. The summed E-state index contributed by atoms with van der Waals surface area (Å²) in [7, 11) is 0. The summed E-state index contributed by atoms with van der Waals surface area (Å²) < 4.78 is 0. The minimum Gasteiger partial charge on any atom is -0.0955 e. The maximum atomic E-state index is 4.75. The number of hydrogen-bond donors (Lipinski definition) is 0. The second-order valence-corrected chi connectivity index (χ2v) is 12.7. The molecule has 0 N–H and O–H groups in total. The molecule has 1 saturated carbocycles. The molecule has 0 aliphatic heterocycles. The number of rotatable bonds is 8. The zero-order valence-electron chi connectivity index (χ0n) is 26.0. The Hall–Kier alpha value is -3.64. The molecule has 0 saturated heterocycles. The Balaban J connectivity index is 1.43. The van der Waals surface area contributed by atoms with Gasteiger partial charge in [0.05, 0.1) is 0 Å². The number of allylic oxidation sites excluding steroid dienone is 13. The molecule has 0 heteroatoms. The fourth-order valence-electron chi connectivity index (χ4n) is 7.06. The van der Waals surface area contributed by atoms with Crippen LogP contribution in [0.3, 0.4) is 0 Å². The molecule has 1 fully saturated rings. The van der Waals surface area contributed by atoms with E-state index in [4.69, 9.17) is 6.58 Å². The van der Waals surface area contributed by atoms with Crippen LogP contribution in [0.25, 0.3) is 11.1 Å². The van der Waals surface area contributed by atoms with E-state index in [1.807, 2.05) is 0 Å². The molecule has 210 valence electrons. The highest BCUT2D eigenvalue weighted by Crippen LogP contribution is 2.55. The highest BCUT2D eigenvalue weighted by Gasteiger charge is 2.41. The zero-order valence-corrected chi connectivity index (χ0v) is 26.0. The Bertz CT molecular complexity index is 1570. The van der Waals surface area contributed by atoms with Gasteiger partial charge >= 0.3 is 0 Å². The summed E-state index contributed by atoms with van der Waals surface area (Å²) in [6.07, 6.45) is 13.6. The molecular weight excluding hydrogens is 492 g/mol. The van der Waals surface area contributed by atoms with E-state index in [-0.39, 0.29) is 5.92 Å². The van der Waals surface area contributed by atoms with Gasteiger partial charge in [0.1, 0.15) is 0 Å². The molecule has 0 spiro atoms. The van der Waals surface area contributed by atoms with Crippen molar-refractivity contribution >= 4 is 11.1 Å². The van der Waals surface area contributed by atoms with Crippen LogP contribution < -0.4 is 0 Å². The van der Waals surface area contributed by atoms with Gasteiger partial charge in [-0.05, 0) is 107 Å². The van der Waals surface area contributed by atoms with Gasteiger partial charge < -0.3 is 0 Å². The van der Waals surface area contributed by atoms with Gasteiger partial charge in [0, 0.05) is 11.8 Å². The maximum Gasteiger partial charge on any atom is 0.0201 e. The predicted octanol–water partition coefficient (Wildman–Crippen LogP) is 11.8. The summed E-state index contributed by atoms with van der Waals surface area (Å²) in [6.45, 7) is 26.8. The summed E-state index contributed by atoms with van der Waals surface area (Å²) in [5, 5.41) is 0. The van der Waals surface area contributed by atoms with Crippen LogP contribution in [-0.4, -0.2) is 0 Å². The van der Waals surface area contributed by atoms with Crippen molar-refractivity contribution in [3.63, 3.8) is 0 Å². The van der Waals surface area contributed by atoms with E-state index in [0.717, 1.165) is 31.3 Å². The number of hydrogen-bond acceptors (Lipinski definition) is 0. The van der Waals surface area contributed by atoms with Crippen molar-refractivity contribution in [3.05, 3.63) is 153 Å². The largest absolute Gasteiger partial charge is 0.0955 e. The van der Waals surface area contributed by atoms with Crippen LogP contribution in [0, 0.1) is 12.8 Å². The molecule has 3 aliphatic rings. The molecule has 5 rings (SSSR count). The standard InChI is InChI=1S/C41H46/c1-10-11-27(6)39-29(8)21-37-24-36(30(9)40(37)41(39)33-16-14-32(15-17-33)25(2)3)23-31-12-13-35(22-31)38-19-18-34(26(4)5)20-28(38)7/h12-21,23,25,40-41H,4,6,9-11,22,24H2,1-3,5,7-8H3/b36-23+. The third-order valence-electron chi connectivity index (χ3n) is 9.27. The normalized spacial score (nSPS) is 21.3. The van der Waals surface area contributed by atoms with E-state index in [2.05, 4.69) is 121 Å². The summed E-state index contributed by atoms with van der Waals surface area (Å²) in [4.78, 5) is 0. The summed E-state index contributed by atoms with van der Waals surface area (Å²) in [5.41, 5.74) is 18.8. The fourth-order valence-corrected chi connectivity index (χ4v) is 7.06. The summed E-state index contributed by atoms with van der Waals surface area (Å²) in [6, 6.07) is 16.1. The molecular formula is C41H46. The van der Waals surface area contributed by atoms with Crippen molar-refractivity contribution in [2.45, 2.75) is 79.1 Å². The molecule has 41 heavy (non-hydrogen) atoms. The Morgan fingerprint density at radius 3 is 2.34 bits per heavy atom. The van der Waals surface area contributed by atoms with E-state index < -0.39 is 0 Å². The second-order valence-electron chi connectivity index (χ2n) is 12.7. The lowest BCUT2D eigenvalue weighted by Gasteiger charge is -2.34. The average Bonchev–Trinajstić information content (AvgIpc) is 3.52. The predicted molar refractivity (Wildman–Crippen MR) is 180 cm³/mol. The molecule has 0 amide bonds. The van der Waals surface area contributed by atoms with Crippen molar-refractivity contribution in [1.29, 1.82) is 0 Å². The Kier molecular flexibility index (Phi) is 8.23. The van der Waals surface area contributed by atoms with Gasteiger partial charge in [-0.2, -0.15) is 0 Å². The Morgan fingerprint density at radius 1 is 0.976 bits per heavy atom. The maximum absolute atomic E-state index is 4.75.